The Morgan fingerprint density at radius 3 is 2.54 bits per heavy atom. The Labute approximate surface area is 152 Å². The van der Waals surface area contributed by atoms with Gasteiger partial charge >= 0.3 is 5.97 Å². The van der Waals surface area contributed by atoms with E-state index in [1.807, 2.05) is 36.4 Å². The molecule has 0 saturated carbocycles. The van der Waals surface area contributed by atoms with Crippen LogP contribution in [0, 0.1) is 0 Å². The molecular weight excluding hydrogens is 328 g/mol. The number of benzene rings is 2. The van der Waals surface area contributed by atoms with Crippen molar-refractivity contribution < 1.29 is 19.2 Å². The van der Waals surface area contributed by atoms with Gasteiger partial charge in [0.05, 0.1) is 24.6 Å². The van der Waals surface area contributed by atoms with E-state index in [9.17, 15) is 4.79 Å². The Morgan fingerprint density at radius 1 is 1.12 bits per heavy atom. The molecule has 1 aromatic heterocycles. The molecule has 2 aromatic carbocycles. The summed E-state index contributed by atoms with van der Waals surface area (Å²) < 4.78 is 7.46. The number of hydrogen-bond acceptors (Lipinski definition) is 3. The highest BCUT2D eigenvalue weighted by molar-refractivity contribution is 5.88. The van der Waals surface area contributed by atoms with Gasteiger partial charge in [-0.2, -0.15) is 4.57 Å². The second-order valence-corrected chi connectivity index (χ2v) is 5.88. The molecule has 0 spiro atoms. The molecule has 5 nitrogen and oxygen atoms in total. The minimum Gasteiger partial charge on any atom is -0.497 e. The van der Waals surface area contributed by atoms with Crippen LogP contribution in [-0.2, 0) is 6.54 Å². The lowest BCUT2D eigenvalue weighted by atomic mass is 10.1. The molecule has 0 saturated heterocycles. The van der Waals surface area contributed by atoms with Gasteiger partial charge in [0, 0.05) is 18.2 Å². The summed E-state index contributed by atoms with van der Waals surface area (Å²) in [6.07, 6.45) is 3.97. The molecule has 0 radical (unpaired) electrons. The topological polar surface area (TPSA) is 76.4 Å². The summed E-state index contributed by atoms with van der Waals surface area (Å²) in [4.78, 5) is 10.9. The van der Waals surface area contributed by atoms with Crippen LogP contribution in [0.2, 0.25) is 0 Å². The average molecular weight is 349 g/mol. The number of rotatable bonds is 6. The third kappa shape index (κ3) is 3.73. The molecule has 0 fully saturated rings. The van der Waals surface area contributed by atoms with Gasteiger partial charge in [-0.25, -0.2) is 4.79 Å². The van der Waals surface area contributed by atoms with Gasteiger partial charge in [-0.15, -0.1) is 0 Å². The number of carbonyl (C=O) groups is 1. The maximum Gasteiger partial charge on any atom is 0.335 e. The number of carboxylic acid groups (broad SMARTS) is 1. The predicted molar refractivity (Wildman–Crippen MR) is 102 cm³/mol. The molecule has 1 heterocycles. The second kappa shape index (κ2) is 7.80. The normalized spacial score (nSPS) is 11.2. The SMILES string of the molecule is COc1ccc2c(ccc(/C=C/c3ccc(C(=O)O)cc3)[n+]2CCN)c1. The first-order valence-electron chi connectivity index (χ1n) is 8.34. The van der Waals surface area contributed by atoms with Crippen molar-refractivity contribution in [2.45, 2.75) is 6.54 Å². The molecule has 26 heavy (non-hydrogen) atoms. The third-order valence-corrected chi connectivity index (χ3v) is 4.23. The largest absolute Gasteiger partial charge is 0.497 e. The van der Waals surface area contributed by atoms with Crippen molar-refractivity contribution in [1.82, 2.24) is 0 Å². The number of aromatic nitrogens is 1. The minimum atomic E-state index is -0.925. The Kier molecular flexibility index (Phi) is 5.29. The quantitative estimate of drug-likeness (QED) is 0.671. The summed E-state index contributed by atoms with van der Waals surface area (Å²) >= 11 is 0. The van der Waals surface area contributed by atoms with Crippen molar-refractivity contribution in [2.24, 2.45) is 5.73 Å². The maximum atomic E-state index is 10.9. The van der Waals surface area contributed by atoms with Crippen molar-refractivity contribution in [2.75, 3.05) is 13.7 Å². The van der Waals surface area contributed by atoms with Gasteiger partial charge in [0.15, 0.2) is 6.54 Å². The molecule has 0 bridgehead atoms. The van der Waals surface area contributed by atoms with Crippen molar-refractivity contribution >= 4 is 29.0 Å². The van der Waals surface area contributed by atoms with Gasteiger partial charge in [-0.3, -0.25) is 0 Å². The summed E-state index contributed by atoms with van der Waals surface area (Å²) in [5, 5.41) is 10.1. The zero-order chi connectivity index (χ0) is 18.5. The number of methoxy groups -OCH3 is 1. The molecule has 3 N–H and O–H groups in total. The number of ether oxygens (including phenoxy) is 1. The highest BCUT2D eigenvalue weighted by Gasteiger charge is 2.13. The molecular formula is C21H21N2O3+. The Bertz CT molecular complexity index is 963. The number of pyridine rings is 1. The monoisotopic (exact) mass is 349 g/mol. The standard InChI is InChI=1S/C21H20N2O3/c1-26-19-10-11-20-17(14-19)7-9-18(23(20)13-12-22)8-4-15-2-5-16(6-3-15)21(24)25/h2-11,14H,12-13,22H2,1H3/p+1/b8-4+. The van der Waals surface area contributed by atoms with E-state index in [-0.39, 0.29) is 5.56 Å². The van der Waals surface area contributed by atoms with E-state index in [1.165, 1.54) is 0 Å². The third-order valence-electron chi connectivity index (χ3n) is 4.23. The number of nitrogens with zero attached hydrogens (tertiary/aromatic N) is 1. The fourth-order valence-electron chi connectivity index (χ4n) is 2.89. The number of aromatic carboxylic acids is 1. The fraction of sp³-hybridized carbons (Fsp3) is 0.143. The Morgan fingerprint density at radius 2 is 1.88 bits per heavy atom. The van der Waals surface area contributed by atoms with Crippen LogP contribution in [0.1, 0.15) is 21.6 Å². The molecule has 3 aromatic rings. The van der Waals surface area contributed by atoms with Crippen LogP contribution in [0.25, 0.3) is 23.1 Å². The van der Waals surface area contributed by atoms with Crippen LogP contribution >= 0.6 is 0 Å². The lowest BCUT2D eigenvalue weighted by molar-refractivity contribution is -0.670. The first kappa shape index (κ1) is 17.6. The Hall–Kier alpha value is -3.18. The molecule has 0 aliphatic carbocycles. The van der Waals surface area contributed by atoms with Gasteiger partial charge < -0.3 is 15.6 Å². The summed E-state index contributed by atoms with van der Waals surface area (Å²) in [5.74, 6) is -0.107. The van der Waals surface area contributed by atoms with Crippen LogP contribution in [-0.4, -0.2) is 24.7 Å². The van der Waals surface area contributed by atoms with Gasteiger partial charge in [-0.1, -0.05) is 12.1 Å². The average Bonchev–Trinajstić information content (AvgIpc) is 2.67. The first-order valence-corrected chi connectivity index (χ1v) is 8.34. The molecule has 132 valence electrons. The minimum absolute atomic E-state index is 0.278. The van der Waals surface area contributed by atoms with E-state index < -0.39 is 5.97 Å². The van der Waals surface area contributed by atoms with Crippen LogP contribution < -0.4 is 15.0 Å². The molecule has 0 aliphatic rings. The Balaban J connectivity index is 1.98. The van der Waals surface area contributed by atoms with Crippen LogP contribution in [0.4, 0.5) is 0 Å². The summed E-state index contributed by atoms with van der Waals surface area (Å²) in [7, 11) is 1.65. The lowest BCUT2D eigenvalue weighted by Gasteiger charge is -2.06. The van der Waals surface area contributed by atoms with Gasteiger partial charge in [0.1, 0.15) is 5.75 Å². The maximum absolute atomic E-state index is 10.9. The molecule has 0 aliphatic heterocycles. The van der Waals surface area contributed by atoms with Gasteiger partial charge in [-0.05, 0) is 42.0 Å². The zero-order valence-corrected chi connectivity index (χ0v) is 14.6. The second-order valence-electron chi connectivity index (χ2n) is 5.88. The van der Waals surface area contributed by atoms with E-state index in [0.717, 1.165) is 27.9 Å². The lowest BCUT2D eigenvalue weighted by Crippen LogP contribution is -2.41. The highest BCUT2D eigenvalue weighted by Crippen LogP contribution is 2.19. The number of fused-ring (bicyclic) bond motifs is 1. The summed E-state index contributed by atoms with van der Waals surface area (Å²) in [6, 6.07) is 16.8. The number of nitrogens with two attached hydrogens (primary N) is 1. The van der Waals surface area contributed by atoms with Crippen molar-refractivity contribution in [3.05, 3.63) is 71.4 Å². The molecule has 0 amide bonds. The first-order chi connectivity index (χ1) is 12.6. The number of hydrogen-bond donors (Lipinski definition) is 2. The smallest absolute Gasteiger partial charge is 0.335 e. The van der Waals surface area contributed by atoms with Crippen LogP contribution in [0.5, 0.6) is 5.75 Å². The predicted octanol–water partition coefficient (Wildman–Crippen LogP) is 2.96. The molecule has 3 rings (SSSR count). The van der Waals surface area contributed by atoms with E-state index in [0.29, 0.717) is 13.1 Å². The van der Waals surface area contributed by atoms with E-state index in [4.69, 9.17) is 15.6 Å². The fourth-order valence-corrected chi connectivity index (χ4v) is 2.89. The van der Waals surface area contributed by atoms with Gasteiger partial charge in [0.2, 0.25) is 11.2 Å². The molecule has 0 atom stereocenters. The van der Waals surface area contributed by atoms with E-state index in [2.05, 4.69) is 10.6 Å². The summed E-state index contributed by atoms with van der Waals surface area (Å²) in [6.45, 7) is 1.23. The number of carboxylic acids is 1. The van der Waals surface area contributed by atoms with Crippen molar-refractivity contribution in [3.8, 4) is 5.75 Å². The van der Waals surface area contributed by atoms with Crippen molar-refractivity contribution in [3.63, 3.8) is 0 Å². The van der Waals surface area contributed by atoms with Crippen LogP contribution in [0.3, 0.4) is 0 Å². The van der Waals surface area contributed by atoms with Crippen molar-refractivity contribution in [1.29, 1.82) is 0 Å². The molecule has 0 unspecified atom stereocenters. The van der Waals surface area contributed by atoms with Crippen LogP contribution in [0.15, 0.2) is 54.6 Å². The highest BCUT2D eigenvalue weighted by atomic mass is 16.5. The summed E-state index contributed by atoms with van der Waals surface area (Å²) in [5.41, 5.74) is 9.12. The van der Waals surface area contributed by atoms with Gasteiger partial charge in [0.25, 0.3) is 0 Å². The van der Waals surface area contributed by atoms with E-state index in [1.54, 1.807) is 31.4 Å². The van der Waals surface area contributed by atoms with E-state index >= 15 is 0 Å². The molecule has 5 heteroatoms. The zero-order valence-electron chi connectivity index (χ0n) is 14.6.